The van der Waals surface area contributed by atoms with Gasteiger partial charge >= 0.3 is 0 Å². The third-order valence-electron chi connectivity index (χ3n) is 4.98. The van der Waals surface area contributed by atoms with Crippen LogP contribution in [-0.2, 0) is 11.3 Å². The van der Waals surface area contributed by atoms with Crippen LogP contribution in [0, 0.1) is 11.3 Å². The zero-order valence-electron chi connectivity index (χ0n) is 12.8. The molecule has 0 aromatic carbocycles. The minimum absolute atomic E-state index is 0. The summed E-state index contributed by atoms with van der Waals surface area (Å²) in [5.74, 6) is 0.672. The highest BCUT2D eigenvalue weighted by Gasteiger charge is 2.46. The van der Waals surface area contributed by atoms with E-state index in [4.69, 9.17) is 4.74 Å². The second kappa shape index (κ2) is 7.54. The highest BCUT2D eigenvalue weighted by molar-refractivity contribution is 5.85. The molecule has 0 saturated carbocycles. The third kappa shape index (κ3) is 3.75. The van der Waals surface area contributed by atoms with E-state index in [9.17, 15) is 0 Å². The lowest BCUT2D eigenvalue weighted by Crippen LogP contribution is -2.43. The van der Waals surface area contributed by atoms with E-state index in [0.29, 0.717) is 11.3 Å². The van der Waals surface area contributed by atoms with Crippen molar-refractivity contribution in [3.8, 4) is 0 Å². The number of hydrogen-bond donors (Lipinski definition) is 1. The van der Waals surface area contributed by atoms with E-state index in [2.05, 4.69) is 21.3 Å². The molecule has 21 heavy (non-hydrogen) atoms. The average Bonchev–Trinajstić information content (AvgIpc) is 2.78. The number of hydrogen-bond acceptors (Lipinski definition) is 4. The molecule has 3 rings (SSSR count). The van der Waals surface area contributed by atoms with Gasteiger partial charge < -0.3 is 10.1 Å². The molecule has 0 amide bonds. The van der Waals surface area contributed by atoms with Crippen molar-refractivity contribution in [2.45, 2.75) is 19.4 Å². The van der Waals surface area contributed by atoms with E-state index in [0.717, 1.165) is 32.8 Å². The average molecular weight is 312 g/mol. The van der Waals surface area contributed by atoms with Crippen molar-refractivity contribution in [1.29, 1.82) is 0 Å². The van der Waals surface area contributed by atoms with Crippen molar-refractivity contribution in [3.05, 3.63) is 30.1 Å². The molecule has 1 aromatic heterocycles. The van der Waals surface area contributed by atoms with Crippen LogP contribution in [0.1, 0.15) is 18.4 Å². The quantitative estimate of drug-likeness (QED) is 0.922. The fourth-order valence-corrected chi connectivity index (χ4v) is 3.94. The molecule has 0 aliphatic carbocycles. The largest absolute Gasteiger partial charge is 0.384 e. The van der Waals surface area contributed by atoms with Crippen LogP contribution in [0.2, 0.25) is 0 Å². The Bertz CT molecular complexity index is 423. The Kier molecular flexibility index (Phi) is 5.99. The van der Waals surface area contributed by atoms with Gasteiger partial charge in [0.15, 0.2) is 0 Å². The number of ether oxygens (including phenoxy) is 1. The van der Waals surface area contributed by atoms with Gasteiger partial charge in [0.2, 0.25) is 0 Å². The molecule has 1 N–H and O–H groups in total. The van der Waals surface area contributed by atoms with E-state index < -0.39 is 0 Å². The Hall–Kier alpha value is -0.680. The van der Waals surface area contributed by atoms with Gasteiger partial charge in [0.1, 0.15) is 0 Å². The van der Waals surface area contributed by atoms with Gasteiger partial charge in [-0.25, -0.2) is 0 Å². The van der Waals surface area contributed by atoms with Crippen LogP contribution in [0.4, 0.5) is 0 Å². The number of piperidine rings is 1. The molecule has 0 bridgehead atoms. The molecule has 1 spiro atoms. The molecule has 1 aromatic rings. The monoisotopic (exact) mass is 311 g/mol. The first kappa shape index (κ1) is 16.7. The number of methoxy groups -OCH3 is 1. The van der Waals surface area contributed by atoms with Crippen molar-refractivity contribution in [1.82, 2.24) is 15.2 Å². The van der Waals surface area contributed by atoms with Crippen molar-refractivity contribution in [2.24, 2.45) is 11.3 Å². The van der Waals surface area contributed by atoms with E-state index in [1.807, 2.05) is 25.6 Å². The molecule has 0 radical (unpaired) electrons. The van der Waals surface area contributed by atoms with Crippen LogP contribution in [0.25, 0.3) is 0 Å². The fraction of sp³-hybridized carbons (Fsp3) is 0.688. The number of nitrogens with one attached hydrogen (secondary N) is 1. The zero-order chi connectivity index (χ0) is 13.8. The summed E-state index contributed by atoms with van der Waals surface area (Å²) in [6.45, 7) is 6.58. The van der Waals surface area contributed by atoms with Gasteiger partial charge in [-0.15, -0.1) is 12.4 Å². The van der Waals surface area contributed by atoms with Crippen molar-refractivity contribution >= 4 is 12.4 Å². The molecule has 2 fully saturated rings. The fourth-order valence-electron chi connectivity index (χ4n) is 3.94. The lowest BCUT2D eigenvalue weighted by Gasteiger charge is -2.38. The highest BCUT2D eigenvalue weighted by atomic mass is 35.5. The normalized spacial score (nSPS) is 24.9. The molecular formula is C16H26ClN3O. The maximum absolute atomic E-state index is 5.49. The summed E-state index contributed by atoms with van der Waals surface area (Å²) in [6, 6.07) is 4.20. The van der Waals surface area contributed by atoms with Gasteiger partial charge in [-0.2, -0.15) is 0 Å². The molecule has 3 heterocycles. The van der Waals surface area contributed by atoms with Crippen LogP contribution in [0.3, 0.4) is 0 Å². The molecule has 2 aliphatic rings. The lowest BCUT2D eigenvalue weighted by atomic mass is 9.71. The van der Waals surface area contributed by atoms with Gasteiger partial charge in [-0.3, -0.25) is 9.88 Å². The Labute approximate surface area is 133 Å². The second-order valence-corrected chi connectivity index (χ2v) is 6.30. The smallest absolute Gasteiger partial charge is 0.0508 e. The number of aromatic nitrogens is 1. The molecule has 5 heteroatoms. The molecule has 118 valence electrons. The molecule has 4 nitrogen and oxygen atoms in total. The van der Waals surface area contributed by atoms with Crippen LogP contribution >= 0.6 is 12.4 Å². The number of pyridine rings is 1. The lowest BCUT2D eigenvalue weighted by molar-refractivity contribution is 0.0716. The van der Waals surface area contributed by atoms with E-state index in [-0.39, 0.29) is 12.4 Å². The first-order chi connectivity index (χ1) is 9.82. The molecular weight excluding hydrogens is 286 g/mol. The molecule has 2 saturated heterocycles. The molecule has 1 unspecified atom stereocenters. The minimum Gasteiger partial charge on any atom is -0.384 e. The Morgan fingerprint density at radius 1 is 1.43 bits per heavy atom. The van der Waals surface area contributed by atoms with Crippen molar-refractivity contribution < 1.29 is 4.74 Å². The summed E-state index contributed by atoms with van der Waals surface area (Å²) >= 11 is 0. The van der Waals surface area contributed by atoms with Crippen molar-refractivity contribution in [2.75, 3.05) is 39.9 Å². The Morgan fingerprint density at radius 3 is 2.90 bits per heavy atom. The van der Waals surface area contributed by atoms with Gasteiger partial charge in [-0.1, -0.05) is 6.07 Å². The molecule has 2 aliphatic heterocycles. The SMILES string of the molecule is COCC1CN(Cc2cccnc2)CC12CCNCC2.Cl. The summed E-state index contributed by atoms with van der Waals surface area (Å²) in [5.41, 5.74) is 1.78. The summed E-state index contributed by atoms with van der Waals surface area (Å²) in [7, 11) is 1.83. The first-order valence-corrected chi connectivity index (χ1v) is 7.63. The van der Waals surface area contributed by atoms with Gasteiger partial charge in [0, 0.05) is 45.1 Å². The maximum Gasteiger partial charge on any atom is 0.0508 e. The predicted molar refractivity (Wildman–Crippen MR) is 86.7 cm³/mol. The van der Waals surface area contributed by atoms with Crippen LogP contribution in [0.15, 0.2) is 24.5 Å². The Morgan fingerprint density at radius 2 is 2.24 bits per heavy atom. The number of rotatable bonds is 4. The first-order valence-electron chi connectivity index (χ1n) is 7.63. The second-order valence-electron chi connectivity index (χ2n) is 6.30. The van der Waals surface area contributed by atoms with Crippen molar-refractivity contribution in [3.63, 3.8) is 0 Å². The van der Waals surface area contributed by atoms with E-state index in [1.54, 1.807) is 0 Å². The number of nitrogens with zero attached hydrogens (tertiary/aromatic N) is 2. The maximum atomic E-state index is 5.49. The van der Waals surface area contributed by atoms with E-state index in [1.165, 1.54) is 24.9 Å². The van der Waals surface area contributed by atoms with Crippen LogP contribution in [-0.4, -0.2) is 49.8 Å². The summed E-state index contributed by atoms with van der Waals surface area (Å²) < 4.78 is 5.49. The summed E-state index contributed by atoms with van der Waals surface area (Å²) in [6.07, 6.45) is 6.39. The standard InChI is InChI=1S/C16H25N3O.ClH/c1-20-12-15-11-19(10-14-3-2-6-18-9-14)13-16(15)4-7-17-8-5-16;/h2-3,6,9,15,17H,4-5,7-8,10-13H2,1H3;1H. The van der Waals surface area contributed by atoms with Gasteiger partial charge in [0.05, 0.1) is 6.61 Å². The highest BCUT2D eigenvalue weighted by Crippen LogP contribution is 2.43. The number of likely N-dealkylation sites (tertiary alicyclic amines) is 1. The van der Waals surface area contributed by atoms with Crippen LogP contribution < -0.4 is 5.32 Å². The minimum atomic E-state index is 0. The predicted octanol–water partition coefficient (Wildman–Crippen LogP) is 1.95. The van der Waals surface area contributed by atoms with E-state index >= 15 is 0 Å². The zero-order valence-corrected chi connectivity index (χ0v) is 13.6. The summed E-state index contributed by atoms with van der Waals surface area (Å²) in [5, 5.41) is 3.49. The topological polar surface area (TPSA) is 37.4 Å². The van der Waals surface area contributed by atoms with Crippen LogP contribution in [0.5, 0.6) is 0 Å². The van der Waals surface area contributed by atoms with Gasteiger partial charge in [0.25, 0.3) is 0 Å². The summed E-state index contributed by atoms with van der Waals surface area (Å²) in [4.78, 5) is 6.81. The number of halogens is 1. The Balaban J connectivity index is 0.00000161. The third-order valence-corrected chi connectivity index (χ3v) is 4.98. The molecule has 1 atom stereocenters. The van der Waals surface area contributed by atoms with Gasteiger partial charge in [-0.05, 0) is 43.0 Å².